The maximum Gasteiger partial charge on any atom is 0.238 e. The SMILES string of the molecule is C[C@@H](SCc1ccc(Br)cc1)C(=O)Nc1nccs1. The molecule has 1 atom stereocenters. The molecule has 0 bridgehead atoms. The Morgan fingerprint density at radius 1 is 1.47 bits per heavy atom. The van der Waals surface area contributed by atoms with Crippen LogP contribution in [0.15, 0.2) is 40.3 Å². The molecule has 0 aliphatic heterocycles. The first-order valence-corrected chi connectivity index (χ1v) is 8.43. The fourth-order valence-corrected chi connectivity index (χ4v) is 3.01. The van der Waals surface area contributed by atoms with E-state index in [4.69, 9.17) is 0 Å². The zero-order valence-corrected chi connectivity index (χ0v) is 13.5. The van der Waals surface area contributed by atoms with Crippen LogP contribution in [0.1, 0.15) is 12.5 Å². The average Bonchev–Trinajstić information content (AvgIpc) is 2.90. The zero-order chi connectivity index (χ0) is 13.7. The first-order valence-electron chi connectivity index (χ1n) is 5.71. The lowest BCUT2D eigenvalue weighted by Gasteiger charge is -2.10. The molecule has 3 nitrogen and oxygen atoms in total. The van der Waals surface area contributed by atoms with Gasteiger partial charge in [-0.2, -0.15) is 0 Å². The summed E-state index contributed by atoms with van der Waals surface area (Å²) in [7, 11) is 0. The molecular weight excluding hydrogens is 344 g/mol. The van der Waals surface area contributed by atoms with Gasteiger partial charge in [-0.1, -0.05) is 28.1 Å². The van der Waals surface area contributed by atoms with E-state index >= 15 is 0 Å². The summed E-state index contributed by atoms with van der Waals surface area (Å²) in [5.41, 5.74) is 1.21. The summed E-state index contributed by atoms with van der Waals surface area (Å²) in [4.78, 5) is 16.0. The van der Waals surface area contributed by atoms with Gasteiger partial charge in [0.2, 0.25) is 5.91 Å². The largest absolute Gasteiger partial charge is 0.301 e. The standard InChI is InChI=1S/C13H13BrN2OS2/c1-9(12(17)16-13-15-6-7-18-13)19-8-10-2-4-11(14)5-3-10/h2-7,9H,8H2,1H3,(H,15,16,17)/t9-/m1/s1. The van der Waals surface area contributed by atoms with Crippen LogP contribution in [0, 0.1) is 0 Å². The summed E-state index contributed by atoms with van der Waals surface area (Å²) in [6.45, 7) is 1.91. The Labute approximate surface area is 129 Å². The summed E-state index contributed by atoms with van der Waals surface area (Å²) < 4.78 is 1.07. The number of rotatable bonds is 5. The van der Waals surface area contributed by atoms with Gasteiger partial charge >= 0.3 is 0 Å². The molecule has 0 saturated heterocycles. The first kappa shape index (κ1) is 14.6. The van der Waals surface area contributed by atoms with E-state index < -0.39 is 0 Å². The number of aromatic nitrogens is 1. The van der Waals surface area contributed by atoms with E-state index in [-0.39, 0.29) is 11.2 Å². The highest BCUT2D eigenvalue weighted by molar-refractivity contribution is 9.10. The summed E-state index contributed by atoms with van der Waals surface area (Å²) in [6.07, 6.45) is 1.68. The number of thioether (sulfide) groups is 1. The minimum atomic E-state index is -0.104. The quantitative estimate of drug-likeness (QED) is 0.874. The Balaban J connectivity index is 1.82. The highest BCUT2D eigenvalue weighted by Gasteiger charge is 2.14. The smallest absolute Gasteiger partial charge is 0.238 e. The van der Waals surface area contributed by atoms with Crippen LogP contribution in [0.4, 0.5) is 5.13 Å². The molecule has 0 spiro atoms. The van der Waals surface area contributed by atoms with E-state index in [2.05, 4.69) is 38.4 Å². The number of hydrogen-bond acceptors (Lipinski definition) is 4. The van der Waals surface area contributed by atoms with Crippen molar-refractivity contribution < 1.29 is 4.79 Å². The van der Waals surface area contributed by atoms with Crippen molar-refractivity contribution in [1.29, 1.82) is 0 Å². The summed E-state index contributed by atoms with van der Waals surface area (Å²) in [6, 6.07) is 8.14. The molecule has 100 valence electrons. The molecule has 0 aliphatic carbocycles. The predicted molar refractivity (Wildman–Crippen MR) is 85.6 cm³/mol. The van der Waals surface area contributed by atoms with Crippen LogP contribution < -0.4 is 5.32 Å². The molecule has 1 N–H and O–H groups in total. The molecular formula is C13H13BrN2OS2. The van der Waals surface area contributed by atoms with Crippen LogP contribution in [0.2, 0.25) is 0 Å². The number of benzene rings is 1. The lowest BCUT2D eigenvalue weighted by Crippen LogP contribution is -2.22. The Morgan fingerprint density at radius 2 is 2.21 bits per heavy atom. The number of nitrogens with one attached hydrogen (secondary N) is 1. The minimum absolute atomic E-state index is 0.00272. The third-order valence-electron chi connectivity index (χ3n) is 2.44. The van der Waals surface area contributed by atoms with E-state index in [0.717, 1.165) is 10.2 Å². The number of carbonyl (C=O) groups excluding carboxylic acids is 1. The predicted octanol–water partition coefficient (Wildman–Crippen LogP) is 4.17. The molecule has 0 aliphatic rings. The van der Waals surface area contributed by atoms with Crippen LogP contribution >= 0.6 is 39.0 Å². The fraction of sp³-hybridized carbons (Fsp3) is 0.231. The highest BCUT2D eigenvalue weighted by Crippen LogP contribution is 2.21. The fourth-order valence-electron chi connectivity index (χ4n) is 1.37. The van der Waals surface area contributed by atoms with Gasteiger partial charge in [-0.05, 0) is 24.6 Å². The second-order valence-corrected chi connectivity index (χ2v) is 7.05. The molecule has 2 rings (SSSR count). The van der Waals surface area contributed by atoms with E-state index in [1.54, 1.807) is 18.0 Å². The van der Waals surface area contributed by atoms with Crippen molar-refractivity contribution in [2.75, 3.05) is 5.32 Å². The zero-order valence-electron chi connectivity index (χ0n) is 10.3. The van der Waals surface area contributed by atoms with Crippen molar-refractivity contribution in [1.82, 2.24) is 4.98 Å². The molecule has 0 radical (unpaired) electrons. The maximum absolute atomic E-state index is 11.9. The molecule has 0 fully saturated rings. The monoisotopic (exact) mass is 356 g/mol. The maximum atomic E-state index is 11.9. The number of thiazole rings is 1. The lowest BCUT2D eigenvalue weighted by atomic mass is 10.2. The van der Waals surface area contributed by atoms with Crippen molar-refractivity contribution in [3.63, 3.8) is 0 Å². The van der Waals surface area contributed by atoms with Crippen molar-refractivity contribution in [2.45, 2.75) is 17.9 Å². The van der Waals surface area contributed by atoms with Crippen LogP contribution in [0.25, 0.3) is 0 Å². The lowest BCUT2D eigenvalue weighted by molar-refractivity contribution is -0.115. The van der Waals surface area contributed by atoms with Crippen LogP contribution in [0.5, 0.6) is 0 Å². The van der Waals surface area contributed by atoms with Gasteiger partial charge in [0, 0.05) is 21.8 Å². The van der Waals surface area contributed by atoms with Crippen molar-refractivity contribution in [3.8, 4) is 0 Å². The second kappa shape index (κ2) is 7.07. The van der Waals surface area contributed by atoms with Gasteiger partial charge in [-0.25, -0.2) is 4.98 Å². The minimum Gasteiger partial charge on any atom is -0.301 e. The van der Waals surface area contributed by atoms with E-state index in [1.807, 2.05) is 24.4 Å². The highest BCUT2D eigenvalue weighted by atomic mass is 79.9. The van der Waals surface area contributed by atoms with Crippen LogP contribution in [-0.4, -0.2) is 16.1 Å². The Bertz CT molecular complexity index is 528. The van der Waals surface area contributed by atoms with Gasteiger partial charge in [0.05, 0.1) is 5.25 Å². The van der Waals surface area contributed by atoms with Crippen molar-refractivity contribution in [3.05, 3.63) is 45.9 Å². The Morgan fingerprint density at radius 3 is 2.84 bits per heavy atom. The Kier molecular flexibility index (Phi) is 5.42. The van der Waals surface area contributed by atoms with Crippen LogP contribution in [0.3, 0.4) is 0 Å². The molecule has 1 aromatic carbocycles. The summed E-state index contributed by atoms with van der Waals surface area (Å²) in [5.74, 6) is 0.816. The average molecular weight is 357 g/mol. The van der Waals surface area contributed by atoms with E-state index in [1.165, 1.54) is 16.9 Å². The van der Waals surface area contributed by atoms with Gasteiger partial charge < -0.3 is 5.32 Å². The van der Waals surface area contributed by atoms with E-state index in [9.17, 15) is 4.79 Å². The Hall–Kier alpha value is -0.850. The number of carbonyl (C=O) groups is 1. The number of halogens is 1. The first-order chi connectivity index (χ1) is 9.15. The number of anilines is 1. The molecule has 2 aromatic rings. The molecule has 0 unspecified atom stereocenters. The molecule has 0 saturated carbocycles. The molecule has 1 amide bonds. The molecule has 1 heterocycles. The second-order valence-electron chi connectivity index (χ2n) is 3.91. The van der Waals surface area contributed by atoms with Crippen molar-refractivity contribution >= 4 is 50.1 Å². The van der Waals surface area contributed by atoms with Gasteiger partial charge in [-0.3, -0.25) is 4.79 Å². The van der Waals surface area contributed by atoms with Crippen molar-refractivity contribution in [2.24, 2.45) is 0 Å². The van der Waals surface area contributed by atoms with Gasteiger partial charge in [0.15, 0.2) is 5.13 Å². The summed E-state index contributed by atoms with van der Waals surface area (Å²) >= 11 is 6.45. The molecule has 6 heteroatoms. The third-order valence-corrected chi connectivity index (χ3v) is 4.88. The summed E-state index contributed by atoms with van der Waals surface area (Å²) in [5, 5.41) is 5.20. The number of nitrogens with zero attached hydrogens (tertiary/aromatic N) is 1. The van der Waals surface area contributed by atoms with Gasteiger partial charge in [0.25, 0.3) is 0 Å². The third kappa shape index (κ3) is 4.63. The van der Waals surface area contributed by atoms with E-state index in [0.29, 0.717) is 5.13 Å². The van der Waals surface area contributed by atoms with Gasteiger partial charge in [0.1, 0.15) is 0 Å². The van der Waals surface area contributed by atoms with Gasteiger partial charge in [-0.15, -0.1) is 23.1 Å². The topological polar surface area (TPSA) is 42.0 Å². The number of amides is 1. The molecule has 19 heavy (non-hydrogen) atoms. The number of hydrogen-bond donors (Lipinski definition) is 1. The molecule has 1 aromatic heterocycles. The normalized spacial score (nSPS) is 12.1. The van der Waals surface area contributed by atoms with Crippen LogP contribution in [-0.2, 0) is 10.5 Å².